The van der Waals surface area contributed by atoms with Crippen molar-refractivity contribution in [2.45, 2.75) is 26.2 Å². The van der Waals surface area contributed by atoms with Crippen LogP contribution in [0.15, 0.2) is 46.9 Å². The van der Waals surface area contributed by atoms with E-state index in [1.807, 2.05) is 12.1 Å². The molecule has 7 nitrogen and oxygen atoms in total. The van der Waals surface area contributed by atoms with Crippen LogP contribution < -0.4 is 15.6 Å². The van der Waals surface area contributed by atoms with Crippen molar-refractivity contribution < 1.29 is 24.2 Å². The summed E-state index contributed by atoms with van der Waals surface area (Å²) >= 11 is 3.42. The second-order valence-electron chi connectivity index (χ2n) is 7.04. The summed E-state index contributed by atoms with van der Waals surface area (Å²) in [5.41, 5.74) is 5.26. The number of hydrazine groups is 1. The molecule has 8 heteroatoms. The van der Waals surface area contributed by atoms with Crippen LogP contribution in [0.3, 0.4) is 0 Å². The van der Waals surface area contributed by atoms with E-state index in [1.165, 1.54) is 24.3 Å². The Morgan fingerprint density at radius 3 is 2.25 bits per heavy atom. The quantitative estimate of drug-likeness (QED) is 0.608. The predicted octanol–water partition coefficient (Wildman–Crippen LogP) is 3.28. The van der Waals surface area contributed by atoms with Gasteiger partial charge in [0.1, 0.15) is 5.75 Å². The lowest BCUT2D eigenvalue weighted by Gasteiger charge is -2.20. The van der Waals surface area contributed by atoms with E-state index in [4.69, 9.17) is 9.84 Å². The zero-order chi connectivity index (χ0) is 20.9. The number of rotatable bonds is 5. The van der Waals surface area contributed by atoms with Crippen LogP contribution in [0, 0.1) is 0 Å². The molecule has 3 N–H and O–H groups in total. The van der Waals surface area contributed by atoms with Gasteiger partial charge in [-0.25, -0.2) is 4.79 Å². The molecule has 0 aliphatic carbocycles. The second kappa shape index (κ2) is 8.88. The molecule has 0 heterocycles. The maximum Gasteiger partial charge on any atom is 0.336 e. The third kappa shape index (κ3) is 5.56. The minimum absolute atomic E-state index is 0.0189. The number of benzene rings is 2. The number of ether oxygens (including phenoxy) is 1. The van der Waals surface area contributed by atoms with Crippen molar-refractivity contribution in [2.24, 2.45) is 0 Å². The molecule has 2 aromatic rings. The first kappa shape index (κ1) is 21.4. The fourth-order valence-electron chi connectivity index (χ4n) is 2.33. The van der Waals surface area contributed by atoms with Crippen LogP contribution >= 0.6 is 15.9 Å². The Labute approximate surface area is 171 Å². The van der Waals surface area contributed by atoms with Crippen LogP contribution in [-0.2, 0) is 10.2 Å². The minimum atomic E-state index is -1.23. The van der Waals surface area contributed by atoms with E-state index in [9.17, 15) is 14.4 Å². The van der Waals surface area contributed by atoms with Crippen molar-refractivity contribution in [3.05, 3.63) is 63.6 Å². The van der Waals surface area contributed by atoms with E-state index >= 15 is 0 Å². The van der Waals surface area contributed by atoms with Gasteiger partial charge in [-0.1, -0.05) is 39.0 Å². The molecule has 0 saturated carbocycles. The first-order valence-electron chi connectivity index (χ1n) is 8.44. The summed E-state index contributed by atoms with van der Waals surface area (Å²) < 4.78 is 6.18. The summed E-state index contributed by atoms with van der Waals surface area (Å²) in [6.45, 7) is 5.95. The van der Waals surface area contributed by atoms with Crippen molar-refractivity contribution in [3.63, 3.8) is 0 Å². The van der Waals surface area contributed by atoms with Crippen LogP contribution in [0.5, 0.6) is 5.75 Å². The van der Waals surface area contributed by atoms with Crippen molar-refractivity contribution in [3.8, 4) is 5.75 Å². The molecule has 148 valence electrons. The summed E-state index contributed by atoms with van der Waals surface area (Å²) in [7, 11) is 0. The number of halogens is 1. The fraction of sp³-hybridized carbons (Fsp3) is 0.250. The van der Waals surface area contributed by atoms with Gasteiger partial charge in [-0.05, 0) is 51.2 Å². The van der Waals surface area contributed by atoms with Gasteiger partial charge in [-0.3, -0.25) is 20.4 Å². The third-order valence-corrected chi connectivity index (χ3v) is 4.49. The molecule has 0 aliphatic rings. The number of carboxylic acids is 1. The molecule has 0 aromatic heterocycles. The highest BCUT2D eigenvalue weighted by Crippen LogP contribution is 2.31. The van der Waals surface area contributed by atoms with E-state index < -0.39 is 17.8 Å². The zero-order valence-corrected chi connectivity index (χ0v) is 17.3. The number of nitrogens with one attached hydrogen (secondary N) is 2. The van der Waals surface area contributed by atoms with Gasteiger partial charge in [-0.2, -0.15) is 0 Å². The number of hydrogen-bond acceptors (Lipinski definition) is 4. The Morgan fingerprint density at radius 1 is 1.04 bits per heavy atom. The fourth-order valence-corrected chi connectivity index (χ4v) is 2.82. The molecule has 0 atom stereocenters. The van der Waals surface area contributed by atoms with Gasteiger partial charge in [0.2, 0.25) is 0 Å². The van der Waals surface area contributed by atoms with Gasteiger partial charge in [-0.15, -0.1) is 0 Å². The smallest absolute Gasteiger partial charge is 0.336 e. The Bertz CT molecular complexity index is 906. The molecule has 0 spiro atoms. The average molecular weight is 449 g/mol. The normalized spacial score (nSPS) is 10.9. The molecular formula is C20H21BrN2O5. The first-order chi connectivity index (χ1) is 13.1. The van der Waals surface area contributed by atoms with Crippen LogP contribution in [0.4, 0.5) is 0 Å². The van der Waals surface area contributed by atoms with Gasteiger partial charge >= 0.3 is 5.97 Å². The van der Waals surface area contributed by atoms with E-state index in [0.717, 1.165) is 5.56 Å². The SMILES string of the molecule is CC(C)(C)c1ccc(OCC(=O)NNC(=O)c2ccccc2C(=O)O)c(Br)c1. The molecule has 2 amide bonds. The number of hydrogen-bond donors (Lipinski definition) is 3. The molecular weight excluding hydrogens is 428 g/mol. The van der Waals surface area contributed by atoms with Gasteiger partial charge < -0.3 is 9.84 Å². The van der Waals surface area contributed by atoms with Gasteiger partial charge in [0.05, 0.1) is 15.6 Å². The molecule has 2 rings (SSSR count). The van der Waals surface area contributed by atoms with Crippen LogP contribution in [0.2, 0.25) is 0 Å². The van der Waals surface area contributed by atoms with Gasteiger partial charge in [0.15, 0.2) is 6.61 Å². The largest absolute Gasteiger partial charge is 0.483 e. The summed E-state index contributed by atoms with van der Waals surface area (Å²) in [6.07, 6.45) is 0. The summed E-state index contributed by atoms with van der Waals surface area (Å²) in [5, 5.41) is 9.11. The Hall–Kier alpha value is -2.87. The van der Waals surface area contributed by atoms with Crippen molar-refractivity contribution in [1.29, 1.82) is 0 Å². The molecule has 0 unspecified atom stereocenters. The van der Waals surface area contributed by atoms with Crippen LogP contribution in [0.25, 0.3) is 0 Å². The molecule has 28 heavy (non-hydrogen) atoms. The Morgan fingerprint density at radius 2 is 1.68 bits per heavy atom. The predicted molar refractivity (Wildman–Crippen MR) is 107 cm³/mol. The topological polar surface area (TPSA) is 105 Å². The monoisotopic (exact) mass is 448 g/mol. The van der Waals surface area contributed by atoms with E-state index in [1.54, 1.807) is 6.07 Å². The molecule has 0 fully saturated rings. The minimum Gasteiger partial charge on any atom is -0.483 e. The lowest BCUT2D eigenvalue weighted by Crippen LogP contribution is -2.44. The lowest BCUT2D eigenvalue weighted by atomic mass is 9.87. The highest BCUT2D eigenvalue weighted by Gasteiger charge is 2.17. The summed E-state index contributed by atoms with van der Waals surface area (Å²) in [6, 6.07) is 11.3. The summed E-state index contributed by atoms with van der Waals surface area (Å²) in [5.74, 6) is -2.07. The van der Waals surface area contributed by atoms with Crippen molar-refractivity contribution in [2.75, 3.05) is 6.61 Å². The van der Waals surface area contributed by atoms with Gasteiger partial charge in [0, 0.05) is 0 Å². The van der Waals surface area contributed by atoms with Crippen molar-refractivity contribution in [1.82, 2.24) is 10.9 Å². The molecule has 0 aliphatic heterocycles. The molecule has 0 bridgehead atoms. The van der Waals surface area contributed by atoms with Crippen LogP contribution in [0.1, 0.15) is 47.1 Å². The van der Waals surface area contributed by atoms with Gasteiger partial charge in [0.25, 0.3) is 11.8 Å². The number of carbonyl (C=O) groups excluding carboxylic acids is 2. The highest BCUT2D eigenvalue weighted by molar-refractivity contribution is 9.10. The molecule has 2 aromatic carbocycles. The second-order valence-corrected chi connectivity index (χ2v) is 7.89. The highest BCUT2D eigenvalue weighted by atomic mass is 79.9. The number of carboxylic acid groups (broad SMARTS) is 1. The van der Waals surface area contributed by atoms with E-state index in [2.05, 4.69) is 47.6 Å². The standard InChI is InChI=1S/C20H21BrN2O5/c1-20(2,3)12-8-9-16(15(21)10-12)28-11-17(24)22-23-18(25)13-6-4-5-7-14(13)19(26)27/h4-10H,11H2,1-3H3,(H,22,24)(H,23,25)(H,26,27). The van der Waals surface area contributed by atoms with E-state index in [-0.39, 0.29) is 23.1 Å². The summed E-state index contributed by atoms with van der Waals surface area (Å²) in [4.78, 5) is 35.2. The van der Waals surface area contributed by atoms with E-state index in [0.29, 0.717) is 10.2 Å². The Kier molecular flexibility index (Phi) is 6.80. The lowest BCUT2D eigenvalue weighted by molar-refractivity contribution is -0.123. The maximum atomic E-state index is 12.1. The maximum absolute atomic E-state index is 12.1. The third-order valence-electron chi connectivity index (χ3n) is 3.87. The zero-order valence-electron chi connectivity index (χ0n) is 15.7. The average Bonchev–Trinajstić information content (AvgIpc) is 2.64. The van der Waals surface area contributed by atoms with Crippen LogP contribution in [-0.4, -0.2) is 29.5 Å². The number of aromatic carboxylic acids is 1. The number of amides is 2. The molecule has 0 saturated heterocycles. The number of carbonyl (C=O) groups is 3. The van der Waals surface area contributed by atoms with Crippen molar-refractivity contribution >= 4 is 33.7 Å². The Balaban J connectivity index is 1.92. The molecule has 0 radical (unpaired) electrons. The first-order valence-corrected chi connectivity index (χ1v) is 9.23.